The van der Waals surface area contributed by atoms with Gasteiger partial charge >= 0.3 is 0 Å². The fourth-order valence-electron chi connectivity index (χ4n) is 2.52. The number of amides is 1. The predicted molar refractivity (Wildman–Crippen MR) is 120 cm³/mol. The average Bonchev–Trinajstić information content (AvgIpc) is 2.78. The molecule has 0 bridgehead atoms. The van der Waals surface area contributed by atoms with Crippen LogP contribution in [-0.2, 0) is 21.4 Å². The van der Waals surface area contributed by atoms with Gasteiger partial charge in [0.1, 0.15) is 12.4 Å². The molecule has 0 saturated heterocycles. The molecule has 0 aliphatic heterocycles. The molecule has 0 fully saturated rings. The molecule has 0 aliphatic carbocycles. The number of nitrogens with zero attached hydrogens (tertiary/aromatic N) is 1. The normalized spacial score (nSPS) is 11.4. The third-order valence-corrected chi connectivity index (χ3v) is 5.76. The standard InChI is InChI=1S/C22H20ClN3O4S/c23-19-10-12-20(13-11-19)31(28,29)25-15-22(27)26-24-14-18-8-4-5-9-21(18)30-16-17-6-2-1-3-7-17/h1-14,25H,15-16H2,(H,26,27)/b24-14-. The first-order valence-corrected chi connectivity index (χ1v) is 11.1. The Kier molecular flexibility index (Phi) is 7.77. The molecule has 3 aromatic carbocycles. The maximum Gasteiger partial charge on any atom is 0.255 e. The monoisotopic (exact) mass is 457 g/mol. The number of carbonyl (C=O) groups excluding carboxylic acids is 1. The fraction of sp³-hybridized carbons (Fsp3) is 0.0909. The lowest BCUT2D eigenvalue weighted by Crippen LogP contribution is -2.34. The largest absolute Gasteiger partial charge is 0.488 e. The van der Waals surface area contributed by atoms with E-state index in [-0.39, 0.29) is 4.90 Å². The number of carbonyl (C=O) groups is 1. The zero-order valence-electron chi connectivity index (χ0n) is 16.4. The van der Waals surface area contributed by atoms with Gasteiger partial charge in [0.15, 0.2) is 0 Å². The van der Waals surface area contributed by atoms with Crippen molar-refractivity contribution in [2.45, 2.75) is 11.5 Å². The van der Waals surface area contributed by atoms with E-state index in [0.29, 0.717) is 22.9 Å². The molecule has 0 aliphatic rings. The molecule has 0 heterocycles. The second-order valence-electron chi connectivity index (χ2n) is 6.38. The Bertz CT molecular complexity index is 1150. The van der Waals surface area contributed by atoms with Crippen LogP contribution >= 0.6 is 11.6 Å². The predicted octanol–water partition coefficient (Wildman–Crippen LogP) is 3.35. The van der Waals surface area contributed by atoms with Crippen LogP contribution in [0.25, 0.3) is 0 Å². The summed E-state index contributed by atoms with van der Waals surface area (Å²) in [6.45, 7) is -0.0705. The summed E-state index contributed by atoms with van der Waals surface area (Å²) in [6.07, 6.45) is 1.44. The highest BCUT2D eigenvalue weighted by Gasteiger charge is 2.15. The molecule has 0 atom stereocenters. The van der Waals surface area contributed by atoms with E-state index >= 15 is 0 Å². The lowest BCUT2D eigenvalue weighted by molar-refractivity contribution is -0.119. The minimum atomic E-state index is -3.83. The van der Waals surface area contributed by atoms with Gasteiger partial charge in [0.05, 0.1) is 17.7 Å². The van der Waals surface area contributed by atoms with Crippen LogP contribution in [0.5, 0.6) is 5.75 Å². The zero-order valence-corrected chi connectivity index (χ0v) is 17.9. The van der Waals surface area contributed by atoms with Crippen LogP contribution in [0.15, 0.2) is 88.9 Å². The number of hydrazone groups is 1. The Morgan fingerprint density at radius 1 is 0.968 bits per heavy atom. The van der Waals surface area contributed by atoms with Gasteiger partial charge in [-0.3, -0.25) is 4.79 Å². The molecule has 3 aromatic rings. The van der Waals surface area contributed by atoms with Crippen molar-refractivity contribution in [1.82, 2.24) is 10.1 Å². The van der Waals surface area contributed by atoms with Crippen molar-refractivity contribution in [3.8, 4) is 5.75 Å². The first-order chi connectivity index (χ1) is 14.9. The molecule has 0 aromatic heterocycles. The lowest BCUT2D eigenvalue weighted by atomic mass is 10.2. The summed E-state index contributed by atoms with van der Waals surface area (Å²) in [5, 5.41) is 4.30. The number of ether oxygens (including phenoxy) is 1. The van der Waals surface area contributed by atoms with E-state index in [2.05, 4.69) is 15.2 Å². The number of benzene rings is 3. The number of hydrogen-bond donors (Lipinski definition) is 2. The van der Waals surface area contributed by atoms with E-state index in [1.807, 2.05) is 42.5 Å². The molecule has 3 rings (SSSR count). The molecule has 0 spiro atoms. The molecule has 0 radical (unpaired) electrons. The van der Waals surface area contributed by atoms with Crippen molar-refractivity contribution in [3.63, 3.8) is 0 Å². The van der Waals surface area contributed by atoms with E-state index in [1.54, 1.807) is 12.1 Å². The molecule has 0 unspecified atom stereocenters. The van der Waals surface area contributed by atoms with Crippen LogP contribution in [-0.4, -0.2) is 27.1 Å². The molecule has 7 nitrogen and oxygen atoms in total. The van der Waals surface area contributed by atoms with Crippen molar-refractivity contribution in [3.05, 3.63) is 95.0 Å². The Labute approximate surface area is 185 Å². The van der Waals surface area contributed by atoms with E-state index < -0.39 is 22.5 Å². The topological polar surface area (TPSA) is 96.9 Å². The van der Waals surface area contributed by atoms with Crippen molar-refractivity contribution >= 4 is 33.7 Å². The summed E-state index contributed by atoms with van der Waals surface area (Å²) in [5.41, 5.74) is 3.98. The Morgan fingerprint density at radius 3 is 2.39 bits per heavy atom. The van der Waals surface area contributed by atoms with E-state index in [0.717, 1.165) is 5.56 Å². The van der Waals surface area contributed by atoms with E-state index in [1.165, 1.54) is 30.5 Å². The highest BCUT2D eigenvalue weighted by molar-refractivity contribution is 7.89. The summed E-state index contributed by atoms with van der Waals surface area (Å²) >= 11 is 5.75. The summed E-state index contributed by atoms with van der Waals surface area (Å²) in [5.74, 6) is -0.00994. The molecule has 1 amide bonds. The number of para-hydroxylation sites is 1. The summed E-state index contributed by atoms with van der Waals surface area (Å²) in [4.78, 5) is 12.0. The molecule has 2 N–H and O–H groups in total. The average molecular weight is 458 g/mol. The molecule has 31 heavy (non-hydrogen) atoms. The van der Waals surface area contributed by atoms with Gasteiger partial charge in [0.25, 0.3) is 5.91 Å². The van der Waals surface area contributed by atoms with Gasteiger partial charge in [0.2, 0.25) is 10.0 Å². The molecule has 9 heteroatoms. The third kappa shape index (κ3) is 6.92. The van der Waals surface area contributed by atoms with Gasteiger partial charge in [-0.25, -0.2) is 18.6 Å². The van der Waals surface area contributed by atoms with Crippen molar-refractivity contribution in [2.75, 3.05) is 6.54 Å². The van der Waals surface area contributed by atoms with Gasteiger partial charge in [-0.2, -0.15) is 5.10 Å². The van der Waals surface area contributed by atoms with Gasteiger partial charge in [-0.15, -0.1) is 0 Å². The first kappa shape index (κ1) is 22.5. The minimum Gasteiger partial charge on any atom is -0.488 e. The zero-order chi connectivity index (χ0) is 22.1. The highest BCUT2D eigenvalue weighted by Crippen LogP contribution is 2.17. The summed E-state index contributed by atoms with van der Waals surface area (Å²) in [7, 11) is -3.83. The quantitative estimate of drug-likeness (QED) is 0.380. The smallest absolute Gasteiger partial charge is 0.255 e. The van der Waals surface area contributed by atoms with Crippen molar-refractivity contribution in [2.24, 2.45) is 5.10 Å². The van der Waals surface area contributed by atoms with Crippen LogP contribution < -0.4 is 14.9 Å². The van der Waals surface area contributed by atoms with Crippen LogP contribution in [0, 0.1) is 0 Å². The van der Waals surface area contributed by atoms with Gasteiger partial charge in [0, 0.05) is 10.6 Å². The van der Waals surface area contributed by atoms with E-state index in [4.69, 9.17) is 16.3 Å². The Hall–Kier alpha value is -3.20. The lowest BCUT2D eigenvalue weighted by Gasteiger charge is -2.09. The van der Waals surface area contributed by atoms with E-state index in [9.17, 15) is 13.2 Å². The third-order valence-electron chi connectivity index (χ3n) is 4.10. The first-order valence-electron chi connectivity index (χ1n) is 9.27. The van der Waals surface area contributed by atoms with Crippen molar-refractivity contribution < 1.29 is 17.9 Å². The van der Waals surface area contributed by atoms with Gasteiger partial charge in [-0.1, -0.05) is 54.1 Å². The molecular weight excluding hydrogens is 438 g/mol. The second kappa shape index (κ2) is 10.7. The highest BCUT2D eigenvalue weighted by atomic mass is 35.5. The van der Waals surface area contributed by atoms with Crippen LogP contribution in [0.4, 0.5) is 0 Å². The van der Waals surface area contributed by atoms with Crippen LogP contribution in [0.2, 0.25) is 5.02 Å². The molecule has 0 saturated carbocycles. The van der Waals surface area contributed by atoms with Crippen molar-refractivity contribution in [1.29, 1.82) is 0 Å². The van der Waals surface area contributed by atoms with Crippen LogP contribution in [0.3, 0.4) is 0 Å². The molecular formula is C22H20ClN3O4S. The maximum absolute atomic E-state index is 12.2. The summed E-state index contributed by atoms with van der Waals surface area (Å²) in [6, 6.07) is 22.6. The van der Waals surface area contributed by atoms with Gasteiger partial charge < -0.3 is 4.74 Å². The second-order valence-corrected chi connectivity index (χ2v) is 8.59. The van der Waals surface area contributed by atoms with Crippen LogP contribution in [0.1, 0.15) is 11.1 Å². The number of rotatable bonds is 9. The molecule has 160 valence electrons. The Morgan fingerprint density at radius 2 is 1.65 bits per heavy atom. The minimum absolute atomic E-state index is 0.0118. The number of hydrogen-bond acceptors (Lipinski definition) is 5. The maximum atomic E-state index is 12.2. The SMILES string of the molecule is O=C(CNS(=O)(=O)c1ccc(Cl)cc1)N/N=C\c1ccccc1OCc1ccccc1. The fourth-order valence-corrected chi connectivity index (χ4v) is 3.63. The number of sulfonamides is 1. The van der Waals surface area contributed by atoms with Gasteiger partial charge in [-0.05, 0) is 42.0 Å². The summed E-state index contributed by atoms with van der Waals surface area (Å²) < 4.78 is 32.4. The Balaban J connectivity index is 1.53. The number of nitrogens with one attached hydrogen (secondary N) is 2. The number of halogens is 1.